The predicted molar refractivity (Wildman–Crippen MR) is 76.6 cm³/mol. The van der Waals surface area contributed by atoms with Crippen molar-refractivity contribution >= 4 is 21.6 Å². The number of halogens is 2. The smallest absolute Gasteiger partial charge is 0.244 e. The van der Waals surface area contributed by atoms with Crippen molar-refractivity contribution in [2.75, 3.05) is 19.6 Å². The molecule has 0 aromatic heterocycles. The summed E-state index contributed by atoms with van der Waals surface area (Å²) in [6.45, 7) is 1.40. The molecule has 1 unspecified atom stereocenters. The molecule has 1 heterocycles. The fraction of sp³-hybridized carbons (Fsp3) is 0.538. The molecule has 0 aliphatic carbocycles. The molecule has 1 saturated heterocycles. The first-order valence-corrected chi connectivity index (χ1v) is 8.42. The minimum atomic E-state index is -3.75. The standard InChI is InChI=1S/C13H18ClFN2O2S/c14-12-4-3-11(15)8-13(12)20(18,19)17-7-1-2-10(9-17)5-6-16/h3-4,8,10H,1-2,5-7,9,16H2. The topological polar surface area (TPSA) is 63.4 Å². The minimum Gasteiger partial charge on any atom is -0.330 e. The number of sulfonamides is 1. The number of hydrogen-bond donors (Lipinski definition) is 1. The second-order valence-corrected chi connectivity index (χ2v) is 7.34. The Balaban J connectivity index is 2.27. The Morgan fingerprint density at radius 2 is 2.20 bits per heavy atom. The van der Waals surface area contributed by atoms with Gasteiger partial charge in [-0.05, 0) is 49.9 Å². The van der Waals surface area contributed by atoms with Crippen LogP contribution in [0.2, 0.25) is 5.02 Å². The lowest BCUT2D eigenvalue weighted by atomic mass is 9.96. The third kappa shape index (κ3) is 3.31. The zero-order valence-corrected chi connectivity index (χ0v) is 12.6. The number of nitrogens with two attached hydrogens (primary N) is 1. The van der Waals surface area contributed by atoms with Crippen LogP contribution in [0.15, 0.2) is 23.1 Å². The molecule has 2 rings (SSSR count). The van der Waals surface area contributed by atoms with Crippen molar-refractivity contribution < 1.29 is 12.8 Å². The van der Waals surface area contributed by atoms with Crippen LogP contribution in [0.5, 0.6) is 0 Å². The Morgan fingerprint density at radius 3 is 2.90 bits per heavy atom. The molecule has 20 heavy (non-hydrogen) atoms. The second kappa shape index (κ2) is 6.39. The summed E-state index contributed by atoms with van der Waals surface area (Å²) in [4.78, 5) is -0.160. The van der Waals surface area contributed by atoms with E-state index in [-0.39, 0.29) is 15.8 Å². The Morgan fingerprint density at radius 1 is 1.45 bits per heavy atom. The summed E-state index contributed by atoms with van der Waals surface area (Å²) < 4.78 is 39.8. The Labute approximate surface area is 123 Å². The number of rotatable bonds is 4. The van der Waals surface area contributed by atoms with Gasteiger partial charge < -0.3 is 5.73 Å². The Bertz CT molecular complexity index is 578. The molecule has 7 heteroatoms. The molecule has 0 radical (unpaired) electrons. The first-order chi connectivity index (χ1) is 9.45. The van der Waals surface area contributed by atoms with Crippen LogP contribution in [0.1, 0.15) is 19.3 Å². The van der Waals surface area contributed by atoms with E-state index in [0.29, 0.717) is 19.6 Å². The average Bonchev–Trinajstić information content (AvgIpc) is 2.42. The molecule has 112 valence electrons. The number of benzene rings is 1. The van der Waals surface area contributed by atoms with Crippen LogP contribution in [-0.4, -0.2) is 32.4 Å². The van der Waals surface area contributed by atoms with Crippen LogP contribution in [0.4, 0.5) is 4.39 Å². The van der Waals surface area contributed by atoms with Crippen LogP contribution in [0.25, 0.3) is 0 Å². The number of piperidine rings is 1. The normalized spacial score (nSPS) is 21.1. The quantitative estimate of drug-likeness (QED) is 0.925. The maximum Gasteiger partial charge on any atom is 0.244 e. The van der Waals surface area contributed by atoms with E-state index < -0.39 is 15.8 Å². The highest BCUT2D eigenvalue weighted by Crippen LogP contribution is 2.29. The average molecular weight is 321 g/mol. The molecule has 0 bridgehead atoms. The third-order valence-electron chi connectivity index (χ3n) is 3.57. The molecular weight excluding hydrogens is 303 g/mol. The van der Waals surface area contributed by atoms with Crippen LogP contribution >= 0.6 is 11.6 Å². The highest BCUT2D eigenvalue weighted by atomic mass is 35.5. The molecule has 0 amide bonds. The van der Waals surface area contributed by atoms with Crippen LogP contribution in [0, 0.1) is 11.7 Å². The molecule has 1 aromatic rings. The zero-order valence-electron chi connectivity index (χ0n) is 11.1. The van der Waals surface area contributed by atoms with E-state index in [1.54, 1.807) is 0 Å². The third-order valence-corrected chi connectivity index (χ3v) is 5.91. The van der Waals surface area contributed by atoms with Gasteiger partial charge in [0.2, 0.25) is 10.0 Å². The van der Waals surface area contributed by atoms with Gasteiger partial charge in [0.1, 0.15) is 10.7 Å². The van der Waals surface area contributed by atoms with Crippen LogP contribution in [0.3, 0.4) is 0 Å². The molecule has 1 aliphatic rings. The zero-order chi connectivity index (χ0) is 14.8. The van der Waals surface area contributed by atoms with Crippen molar-refractivity contribution in [2.45, 2.75) is 24.2 Å². The van der Waals surface area contributed by atoms with E-state index in [2.05, 4.69) is 0 Å². The van der Waals surface area contributed by atoms with Gasteiger partial charge in [-0.2, -0.15) is 4.31 Å². The number of nitrogens with zero attached hydrogens (tertiary/aromatic N) is 1. The van der Waals surface area contributed by atoms with Gasteiger partial charge in [-0.3, -0.25) is 0 Å². The fourth-order valence-electron chi connectivity index (χ4n) is 2.53. The lowest BCUT2D eigenvalue weighted by molar-refractivity contribution is 0.258. The van der Waals surface area contributed by atoms with Gasteiger partial charge in [-0.15, -0.1) is 0 Å². The monoisotopic (exact) mass is 320 g/mol. The van der Waals surface area contributed by atoms with E-state index in [1.807, 2.05) is 0 Å². The molecule has 1 aliphatic heterocycles. The van der Waals surface area contributed by atoms with Crippen molar-refractivity contribution in [3.05, 3.63) is 29.0 Å². The van der Waals surface area contributed by atoms with Crippen LogP contribution < -0.4 is 5.73 Å². The SMILES string of the molecule is NCCC1CCCN(S(=O)(=O)c2cc(F)ccc2Cl)C1. The summed E-state index contributed by atoms with van der Waals surface area (Å²) in [5.74, 6) is -0.348. The van der Waals surface area contributed by atoms with Crippen molar-refractivity contribution in [3.8, 4) is 0 Å². The fourth-order valence-corrected chi connectivity index (χ4v) is 4.57. The Kier molecular flexibility index (Phi) is 5.01. The molecule has 1 fully saturated rings. The first kappa shape index (κ1) is 15.7. The Hall–Kier alpha value is -0.690. The van der Waals surface area contributed by atoms with Crippen molar-refractivity contribution in [3.63, 3.8) is 0 Å². The van der Waals surface area contributed by atoms with Crippen LogP contribution in [-0.2, 0) is 10.0 Å². The van der Waals surface area contributed by atoms with Gasteiger partial charge in [-0.25, -0.2) is 12.8 Å². The van der Waals surface area contributed by atoms with Crippen molar-refractivity contribution in [1.82, 2.24) is 4.31 Å². The molecule has 4 nitrogen and oxygen atoms in total. The van der Waals surface area contributed by atoms with Crippen molar-refractivity contribution in [2.24, 2.45) is 11.7 Å². The van der Waals surface area contributed by atoms with Gasteiger partial charge in [-0.1, -0.05) is 11.6 Å². The predicted octanol–water partition coefficient (Wildman–Crippen LogP) is 2.23. The van der Waals surface area contributed by atoms with Gasteiger partial charge in [0.05, 0.1) is 5.02 Å². The van der Waals surface area contributed by atoms with Gasteiger partial charge in [0.25, 0.3) is 0 Å². The lowest BCUT2D eigenvalue weighted by Gasteiger charge is -2.32. The maximum atomic E-state index is 13.3. The molecule has 2 N–H and O–H groups in total. The second-order valence-electron chi connectivity index (χ2n) is 5.02. The summed E-state index contributed by atoms with van der Waals surface area (Å²) in [5, 5.41) is 0.0485. The first-order valence-electron chi connectivity index (χ1n) is 6.60. The molecule has 0 spiro atoms. The number of hydrogen-bond acceptors (Lipinski definition) is 3. The van der Waals surface area contributed by atoms with Gasteiger partial charge in [0, 0.05) is 13.1 Å². The highest BCUT2D eigenvalue weighted by Gasteiger charge is 2.31. The van der Waals surface area contributed by atoms with E-state index in [9.17, 15) is 12.8 Å². The molecule has 1 aromatic carbocycles. The highest BCUT2D eigenvalue weighted by molar-refractivity contribution is 7.89. The summed E-state index contributed by atoms with van der Waals surface area (Å²) in [7, 11) is -3.75. The summed E-state index contributed by atoms with van der Waals surface area (Å²) in [5.41, 5.74) is 5.53. The maximum absolute atomic E-state index is 13.3. The van der Waals surface area contributed by atoms with E-state index >= 15 is 0 Å². The lowest BCUT2D eigenvalue weighted by Crippen LogP contribution is -2.40. The summed E-state index contributed by atoms with van der Waals surface area (Å²) in [6.07, 6.45) is 2.56. The van der Waals surface area contributed by atoms with E-state index in [0.717, 1.165) is 31.4 Å². The molecule has 1 atom stereocenters. The van der Waals surface area contributed by atoms with Crippen molar-refractivity contribution in [1.29, 1.82) is 0 Å². The largest absolute Gasteiger partial charge is 0.330 e. The van der Waals surface area contributed by atoms with Gasteiger partial charge in [0.15, 0.2) is 0 Å². The molecule has 0 saturated carbocycles. The van der Waals surface area contributed by atoms with Gasteiger partial charge >= 0.3 is 0 Å². The molecular formula is C13H18ClFN2O2S. The van der Waals surface area contributed by atoms with E-state index in [4.69, 9.17) is 17.3 Å². The van der Waals surface area contributed by atoms with E-state index in [1.165, 1.54) is 10.4 Å². The summed E-state index contributed by atoms with van der Waals surface area (Å²) >= 11 is 5.91. The minimum absolute atomic E-state index is 0.0485. The summed E-state index contributed by atoms with van der Waals surface area (Å²) in [6, 6.07) is 3.39.